The van der Waals surface area contributed by atoms with Crippen molar-refractivity contribution in [3.8, 4) is 0 Å². The zero-order valence-corrected chi connectivity index (χ0v) is 15.7. The number of thiophene rings is 1. The standard InChI is InChI=1S/C18H22N4O2S/c1-11(2)9-21(10-15-12(3)5-6-25-15)17(23)14-8-19-16-7-13(4)20-22(16)18(14)24/h5-8,11,20H,9-10H2,1-4H3. The number of aromatic nitrogens is 3. The van der Waals surface area contributed by atoms with Gasteiger partial charge < -0.3 is 4.90 Å². The van der Waals surface area contributed by atoms with Gasteiger partial charge in [0.15, 0.2) is 5.65 Å². The fourth-order valence-corrected chi connectivity index (χ4v) is 3.72. The van der Waals surface area contributed by atoms with E-state index in [0.29, 0.717) is 24.7 Å². The number of nitrogens with zero attached hydrogens (tertiary/aromatic N) is 3. The van der Waals surface area contributed by atoms with Crippen LogP contribution in [-0.4, -0.2) is 31.9 Å². The molecule has 6 nitrogen and oxygen atoms in total. The third kappa shape index (κ3) is 3.51. The molecule has 0 saturated heterocycles. The Morgan fingerprint density at radius 3 is 2.80 bits per heavy atom. The number of hydrogen-bond acceptors (Lipinski definition) is 4. The summed E-state index contributed by atoms with van der Waals surface area (Å²) in [5, 5.41) is 4.95. The average molecular weight is 358 g/mol. The third-order valence-corrected chi connectivity index (χ3v) is 5.04. The second kappa shape index (κ2) is 6.84. The van der Waals surface area contributed by atoms with Crippen LogP contribution in [0.2, 0.25) is 0 Å². The van der Waals surface area contributed by atoms with E-state index < -0.39 is 0 Å². The molecule has 0 aliphatic rings. The number of aryl methyl sites for hydroxylation is 2. The molecule has 3 aromatic heterocycles. The van der Waals surface area contributed by atoms with Gasteiger partial charge in [-0.2, -0.15) is 0 Å². The average Bonchev–Trinajstić information content (AvgIpc) is 3.12. The number of hydrogen-bond donors (Lipinski definition) is 1. The topological polar surface area (TPSA) is 70.5 Å². The lowest BCUT2D eigenvalue weighted by molar-refractivity contribution is 0.0721. The Bertz CT molecular complexity index is 967. The molecule has 0 radical (unpaired) electrons. The maximum atomic E-state index is 13.1. The van der Waals surface area contributed by atoms with E-state index in [0.717, 1.165) is 16.1 Å². The molecule has 0 unspecified atom stereocenters. The molecule has 1 amide bonds. The van der Waals surface area contributed by atoms with Crippen molar-refractivity contribution in [2.24, 2.45) is 5.92 Å². The summed E-state index contributed by atoms with van der Waals surface area (Å²) in [4.78, 5) is 32.9. The SMILES string of the molecule is Cc1cc2ncc(C(=O)N(Cc3sccc3C)CC(C)C)c(=O)n2[nH]1. The zero-order valence-electron chi connectivity index (χ0n) is 14.9. The molecule has 7 heteroatoms. The predicted molar refractivity (Wildman–Crippen MR) is 99.2 cm³/mol. The van der Waals surface area contributed by atoms with Gasteiger partial charge in [-0.05, 0) is 36.8 Å². The molecule has 0 atom stereocenters. The largest absolute Gasteiger partial charge is 0.333 e. The Hall–Kier alpha value is -2.41. The fourth-order valence-electron chi connectivity index (χ4n) is 2.80. The van der Waals surface area contributed by atoms with Crippen molar-refractivity contribution in [2.75, 3.05) is 6.54 Å². The van der Waals surface area contributed by atoms with Gasteiger partial charge in [-0.1, -0.05) is 13.8 Å². The summed E-state index contributed by atoms with van der Waals surface area (Å²) in [5.41, 5.74) is 2.23. The number of aromatic amines is 1. The summed E-state index contributed by atoms with van der Waals surface area (Å²) < 4.78 is 1.33. The third-order valence-electron chi connectivity index (χ3n) is 4.03. The highest BCUT2D eigenvalue weighted by Crippen LogP contribution is 2.19. The van der Waals surface area contributed by atoms with E-state index in [2.05, 4.69) is 23.9 Å². The summed E-state index contributed by atoms with van der Waals surface area (Å²) in [6.07, 6.45) is 1.39. The number of rotatable bonds is 5. The van der Waals surface area contributed by atoms with Gasteiger partial charge in [-0.25, -0.2) is 9.50 Å². The van der Waals surface area contributed by atoms with Crippen LogP contribution < -0.4 is 5.56 Å². The molecule has 0 bridgehead atoms. The molecule has 0 fully saturated rings. The van der Waals surface area contributed by atoms with Gasteiger partial charge in [0, 0.05) is 29.4 Å². The van der Waals surface area contributed by atoms with E-state index >= 15 is 0 Å². The summed E-state index contributed by atoms with van der Waals surface area (Å²) >= 11 is 1.63. The van der Waals surface area contributed by atoms with Crippen LogP contribution in [0, 0.1) is 19.8 Å². The molecule has 0 aromatic carbocycles. The smallest absolute Gasteiger partial charge is 0.285 e. The van der Waals surface area contributed by atoms with Crippen LogP contribution in [-0.2, 0) is 6.54 Å². The normalized spacial score (nSPS) is 11.4. The van der Waals surface area contributed by atoms with Crippen molar-refractivity contribution in [3.63, 3.8) is 0 Å². The lowest BCUT2D eigenvalue weighted by atomic mass is 10.1. The van der Waals surface area contributed by atoms with Crippen molar-refractivity contribution < 1.29 is 4.79 Å². The van der Waals surface area contributed by atoms with Crippen LogP contribution in [0.1, 0.15) is 40.3 Å². The maximum Gasteiger partial charge on any atom is 0.285 e. The summed E-state index contributed by atoms with van der Waals surface area (Å²) in [6.45, 7) is 9.09. The van der Waals surface area contributed by atoms with Crippen molar-refractivity contribution in [1.82, 2.24) is 19.5 Å². The highest BCUT2D eigenvalue weighted by atomic mass is 32.1. The fraction of sp³-hybridized carbons (Fsp3) is 0.389. The van der Waals surface area contributed by atoms with Crippen LogP contribution >= 0.6 is 11.3 Å². The first-order chi connectivity index (χ1) is 11.9. The van der Waals surface area contributed by atoms with E-state index in [1.807, 2.05) is 25.3 Å². The molecule has 3 aromatic rings. The van der Waals surface area contributed by atoms with Crippen LogP contribution in [0.5, 0.6) is 0 Å². The zero-order chi connectivity index (χ0) is 18.1. The van der Waals surface area contributed by atoms with Crippen LogP contribution in [0.4, 0.5) is 0 Å². The lowest BCUT2D eigenvalue weighted by Crippen LogP contribution is -2.37. The number of amides is 1. The minimum Gasteiger partial charge on any atom is -0.333 e. The van der Waals surface area contributed by atoms with Crippen molar-refractivity contribution in [2.45, 2.75) is 34.2 Å². The molecule has 25 heavy (non-hydrogen) atoms. The molecule has 3 rings (SSSR count). The first kappa shape index (κ1) is 17.4. The van der Waals surface area contributed by atoms with E-state index in [9.17, 15) is 9.59 Å². The Labute approximate surface area is 150 Å². The Kier molecular flexibility index (Phi) is 4.76. The quantitative estimate of drug-likeness (QED) is 0.762. The Morgan fingerprint density at radius 1 is 1.40 bits per heavy atom. The van der Waals surface area contributed by atoms with Gasteiger partial charge in [0.25, 0.3) is 11.5 Å². The molecule has 0 saturated carbocycles. The van der Waals surface area contributed by atoms with Crippen LogP contribution in [0.15, 0.2) is 28.5 Å². The van der Waals surface area contributed by atoms with E-state index in [1.165, 1.54) is 10.7 Å². The van der Waals surface area contributed by atoms with Crippen LogP contribution in [0.3, 0.4) is 0 Å². The minimum absolute atomic E-state index is 0.0919. The first-order valence-corrected chi connectivity index (χ1v) is 9.14. The summed E-state index contributed by atoms with van der Waals surface area (Å²) in [7, 11) is 0. The molecular formula is C18H22N4O2S. The molecule has 0 spiro atoms. The molecule has 132 valence electrons. The highest BCUT2D eigenvalue weighted by molar-refractivity contribution is 7.10. The van der Waals surface area contributed by atoms with E-state index in [1.54, 1.807) is 22.3 Å². The monoisotopic (exact) mass is 358 g/mol. The van der Waals surface area contributed by atoms with Gasteiger partial charge in [0.05, 0.1) is 6.54 Å². The van der Waals surface area contributed by atoms with Crippen molar-refractivity contribution in [1.29, 1.82) is 0 Å². The molecule has 3 heterocycles. The Balaban J connectivity index is 1.98. The number of carbonyl (C=O) groups excluding carboxylic acids is 1. The number of carbonyl (C=O) groups is 1. The van der Waals surface area contributed by atoms with E-state index in [-0.39, 0.29) is 17.0 Å². The minimum atomic E-state index is -0.361. The van der Waals surface area contributed by atoms with Gasteiger partial charge >= 0.3 is 0 Å². The number of fused-ring (bicyclic) bond motifs is 1. The second-order valence-corrected chi connectivity index (χ2v) is 7.72. The Morgan fingerprint density at radius 2 is 2.16 bits per heavy atom. The maximum absolute atomic E-state index is 13.1. The number of nitrogens with one attached hydrogen (secondary N) is 1. The molecule has 0 aliphatic heterocycles. The second-order valence-electron chi connectivity index (χ2n) is 6.72. The van der Waals surface area contributed by atoms with E-state index in [4.69, 9.17) is 0 Å². The summed E-state index contributed by atoms with van der Waals surface area (Å²) in [6, 6.07) is 3.82. The lowest BCUT2D eigenvalue weighted by Gasteiger charge is -2.24. The van der Waals surface area contributed by atoms with Crippen LogP contribution in [0.25, 0.3) is 5.65 Å². The van der Waals surface area contributed by atoms with Gasteiger partial charge in [0.2, 0.25) is 0 Å². The molecule has 1 N–H and O–H groups in total. The van der Waals surface area contributed by atoms with Gasteiger partial charge in [-0.15, -0.1) is 11.3 Å². The van der Waals surface area contributed by atoms with Crippen molar-refractivity contribution >= 4 is 22.9 Å². The predicted octanol–water partition coefficient (Wildman–Crippen LogP) is 3.00. The first-order valence-electron chi connectivity index (χ1n) is 8.26. The highest BCUT2D eigenvalue weighted by Gasteiger charge is 2.22. The molecular weight excluding hydrogens is 336 g/mol. The van der Waals surface area contributed by atoms with Gasteiger partial charge in [-0.3, -0.25) is 14.7 Å². The number of H-pyrrole nitrogens is 1. The van der Waals surface area contributed by atoms with Gasteiger partial charge in [0.1, 0.15) is 5.56 Å². The summed E-state index contributed by atoms with van der Waals surface area (Å²) in [5.74, 6) is 0.0250. The molecule has 0 aliphatic carbocycles. The van der Waals surface area contributed by atoms with Crippen molar-refractivity contribution in [3.05, 3.63) is 55.8 Å².